The summed E-state index contributed by atoms with van der Waals surface area (Å²) in [7, 11) is 1.76. The Hall–Kier alpha value is -1.49. The molecule has 4 nitrogen and oxygen atoms in total. The van der Waals surface area contributed by atoms with Crippen LogP contribution in [0.5, 0.6) is 5.75 Å². The minimum absolute atomic E-state index is 0.216. The van der Waals surface area contributed by atoms with E-state index in [2.05, 4.69) is 0 Å². The first-order valence-electron chi connectivity index (χ1n) is 11.4. The predicted molar refractivity (Wildman–Crippen MR) is 115 cm³/mol. The maximum atomic E-state index is 15.0. The molecule has 1 aromatic rings. The lowest BCUT2D eigenvalue weighted by Crippen LogP contribution is -2.48. The van der Waals surface area contributed by atoms with E-state index in [1.807, 2.05) is 0 Å². The fraction of sp³-hybridized carbons (Fsp3) is 0.708. The van der Waals surface area contributed by atoms with Gasteiger partial charge in [-0.1, -0.05) is 18.0 Å². The van der Waals surface area contributed by atoms with Crippen LogP contribution < -0.4 is 9.64 Å². The number of anilines is 1. The molecule has 6 rings (SSSR count). The number of rotatable bonds is 6. The number of benzene rings is 1. The minimum atomic E-state index is -0.814. The van der Waals surface area contributed by atoms with Crippen molar-refractivity contribution in [2.24, 2.45) is 29.1 Å². The van der Waals surface area contributed by atoms with Crippen LogP contribution in [0.3, 0.4) is 0 Å². The SMILES string of the molecule is CN(c1cc(Cl)c(OCC23CC4CC(CC(C4)C2)C3)cc1F)C1CCCC1C(=O)O. The summed E-state index contributed by atoms with van der Waals surface area (Å²) in [4.78, 5) is 13.3. The largest absolute Gasteiger partial charge is 0.491 e. The summed E-state index contributed by atoms with van der Waals surface area (Å²) in [6, 6.07) is 2.77. The zero-order chi connectivity index (χ0) is 21.0. The highest BCUT2D eigenvalue weighted by Crippen LogP contribution is 2.60. The first kappa shape index (κ1) is 20.4. The summed E-state index contributed by atoms with van der Waals surface area (Å²) < 4.78 is 21.2. The Labute approximate surface area is 182 Å². The maximum absolute atomic E-state index is 15.0. The number of hydrogen-bond donors (Lipinski definition) is 1. The topological polar surface area (TPSA) is 49.8 Å². The Morgan fingerprint density at radius 1 is 1.20 bits per heavy atom. The normalized spacial score (nSPS) is 36.8. The number of aliphatic carboxylic acids is 1. The molecule has 5 saturated carbocycles. The number of ether oxygens (including phenoxy) is 1. The maximum Gasteiger partial charge on any atom is 0.308 e. The van der Waals surface area contributed by atoms with Gasteiger partial charge in [-0.2, -0.15) is 0 Å². The number of halogens is 2. The van der Waals surface area contributed by atoms with E-state index in [4.69, 9.17) is 16.3 Å². The summed E-state index contributed by atoms with van der Waals surface area (Å²) >= 11 is 6.50. The molecule has 30 heavy (non-hydrogen) atoms. The molecule has 4 bridgehead atoms. The summed E-state index contributed by atoms with van der Waals surface area (Å²) in [6.07, 6.45) is 10.1. The van der Waals surface area contributed by atoms with Crippen molar-refractivity contribution in [3.05, 3.63) is 23.0 Å². The molecule has 0 aliphatic heterocycles. The molecule has 2 unspecified atom stereocenters. The highest BCUT2D eigenvalue weighted by Gasteiger charge is 2.51. The number of carboxylic acids is 1. The van der Waals surface area contributed by atoms with Gasteiger partial charge in [0.25, 0.3) is 0 Å². The molecule has 0 aromatic heterocycles. The first-order chi connectivity index (χ1) is 14.3. The third kappa shape index (κ3) is 3.57. The van der Waals surface area contributed by atoms with Crippen LogP contribution in [0, 0.1) is 34.9 Å². The second kappa shape index (κ2) is 7.58. The Kier molecular flexibility index (Phi) is 5.16. The molecular formula is C24H31ClFNO3. The second-order valence-electron chi connectivity index (χ2n) is 10.5. The molecule has 164 valence electrons. The number of carboxylic acid groups (broad SMARTS) is 1. The van der Waals surface area contributed by atoms with Crippen LogP contribution in [0.15, 0.2) is 12.1 Å². The summed E-state index contributed by atoms with van der Waals surface area (Å²) in [6.45, 7) is 0.620. The standard InChI is InChI=1S/C24H31ClFNO3/c1-27(20-4-2-3-17(20)23(28)29)21-8-18(25)22(9-19(21)26)30-13-24-10-14-5-15(11-24)7-16(6-14)12-24/h8-9,14-17,20H,2-7,10-13H2,1H3,(H,28,29). The van der Waals surface area contributed by atoms with Crippen LogP contribution in [0.4, 0.5) is 10.1 Å². The average molecular weight is 436 g/mol. The molecule has 1 aromatic carbocycles. The van der Waals surface area contributed by atoms with Gasteiger partial charge in [0.1, 0.15) is 11.6 Å². The lowest BCUT2D eigenvalue weighted by molar-refractivity contribution is -0.141. The Morgan fingerprint density at radius 2 is 1.83 bits per heavy atom. The zero-order valence-corrected chi connectivity index (χ0v) is 18.3. The van der Waals surface area contributed by atoms with Crippen LogP contribution in [0.2, 0.25) is 5.02 Å². The smallest absolute Gasteiger partial charge is 0.308 e. The van der Waals surface area contributed by atoms with Crippen molar-refractivity contribution in [1.82, 2.24) is 0 Å². The van der Waals surface area contributed by atoms with Gasteiger partial charge in [0, 0.05) is 24.6 Å². The van der Waals surface area contributed by atoms with Crippen molar-refractivity contribution in [2.75, 3.05) is 18.6 Å². The van der Waals surface area contributed by atoms with Gasteiger partial charge in [-0.25, -0.2) is 4.39 Å². The quantitative estimate of drug-likeness (QED) is 0.616. The van der Waals surface area contributed by atoms with E-state index in [0.29, 0.717) is 29.5 Å². The van der Waals surface area contributed by atoms with Gasteiger partial charge >= 0.3 is 5.97 Å². The van der Waals surface area contributed by atoms with Gasteiger partial charge < -0.3 is 14.7 Å². The number of carbonyl (C=O) groups is 1. The lowest BCUT2D eigenvalue weighted by atomic mass is 9.50. The molecule has 2 atom stereocenters. The van der Waals surface area contributed by atoms with Gasteiger partial charge in [-0.05, 0) is 75.2 Å². The summed E-state index contributed by atoms with van der Waals surface area (Å²) in [5, 5.41) is 9.86. The monoisotopic (exact) mass is 435 g/mol. The average Bonchev–Trinajstić information content (AvgIpc) is 3.17. The molecule has 0 saturated heterocycles. The molecule has 5 aliphatic carbocycles. The highest BCUT2D eigenvalue weighted by atomic mass is 35.5. The Balaban J connectivity index is 1.31. The summed E-state index contributed by atoms with van der Waals surface area (Å²) in [5.74, 6) is 1.25. The molecular weight excluding hydrogens is 405 g/mol. The molecule has 0 spiro atoms. The molecule has 5 aliphatic rings. The Morgan fingerprint density at radius 3 is 2.43 bits per heavy atom. The van der Waals surface area contributed by atoms with Crippen LogP contribution >= 0.6 is 11.6 Å². The van der Waals surface area contributed by atoms with Crippen LogP contribution in [0.25, 0.3) is 0 Å². The molecule has 6 heteroatoms. The van der Waals surface area contributed by atoms with Crippen LogP contribution in [-0.4, -0.2) is 30.8 Å². The van der Waals surface area contributed by atoms with Crippen molar-refractivity contribution < 1.29 is 19.0 Å². The van der Waals surface area contributed by atoms with Crippen molar-refractivity contribution in [1.29, 1.82) is 0 Å². The van der Waals surface area contributed by atoms with Gasteiger partial charge in [0.2, 0.25) is 0 Å². The molecule has 0 amide bonds. The second-order valence-corrected chi connectivity index (χ2v) is 10.9. The van der Waals surface area contributed by atoms with Crippen molar-refractivity contribution in [3.63, 3.8) is 0 Å². The third-order valence-corrected chi connectivity index (χ3v) is 8.67. The van der Waals surface area contributed by atoms with Crippen LogP contribution in [-0.2, 0) is 4.79 Å². The van der Waals surface area contributed by atoms with E-state index in [9.17, 15) is 9.90 Å². The van der Waals surface area contributed by atoms with Crippen LogP contribution in [0.1, 0.15) is 57.8 Å². The molecule has 0 radical (unpaired) electrons. The van der Waals surface area contributed by atoms with Gasteiger partial charge in [-0.3, -0.25) is 4.79 Å². The number of nitrogens with zero attached hydrogens (tertiary/aromatic N) is 1. The fourth-order valence-electron chi connectivity index (χ4n) is 7.47. The first-order valence-corrected chi connectivity index (χ1v) is 11.8. The van der Waals surface area contributed by atoms with Crippen molar-refractivity contribution in [2.45, 2.75) is 63.8 Å². The molecule has 0 heterocycles. The van der Waals surface area contributed by atoms with Gasteiger partial charge in [0.15, 0.2) is 0 Å². The van der Waals surface area contributed by atoms with E-state index >= 15 is 4.39 Å². The fourth-order valence-corrected chi connectivity index (χ4v) is 7.68. The Bertz CT molecular complexity index is 809. The third-order valence-electron chi connectivity index (χ3n) is 8.37. The van der Waals surface area contributed by atoms with Crippen molar-refractivity contribution in [3.8, 4) is 5.75 Å². The minimum Gasteiger partial charge on any atom is -0.491 e. The molecule has 5 fully saturated rings. The lowest BCUT2D eigenvalue weighted by Gasteiger charge is -2.56. The van der Waals surface area contributed by atoms with E-state index in [1.165, 1.54) is 44.6 Å². The van der Waals surface area contributed by atoms with Gasteiger partial charge in [0.05, 0.1) is 23.2 Å². The van der Waals surface area contributed by atoms with Gasteiger partial charge in [-0.15, -0.1) is 0 Å². The predicted octanol–water partition coefficient (Wildman–Crippen LogP) is 5.76. The zero-order valence-electron chi connectivity index (χ0n) is 17.6. The highest BCUT2D eigenvalue weighted by molar-refractivity contribution is 6.32. The van der Waals surface area contributed by atoms with E-state index in [0.717, 1.165) is 30.6 Å². The summed E-state index contributed by atoms with van der Waals surface area (Å²) in [5.41, 5.74) is 0.586. The van der Waals surface area contributed by atoms with E-state index < -0.39 is 17.7 Å². The van der Waals surface area contributed by atoms with E-state index in [1.54, 1.807) is 18.0 Å². The molecule has 1 N–H and O–H groups in total. The van der Waals surface area contributed by atoms with E-state index in [-0.39, 0.29) is 11.5 Å². The van der Waals surface area contributed by atoms with Crippen molar-refractivity contribution >= 4 is 23.3 Å². The number of hydrogen-bond acceptors (Lipinski definition) is 3.